The van der Waals surface area contributed by atoms with Gasteiger partial charge in [0.25, 0.3) is 0 Å². The lowest BCUT2D eigenvalue weighted by Gasteiger charge is -2.08. The van der Waals surface area contributed by atoms with Crippen LogP contribution in [0.1, 0.15) is 17.3 Å². The first-order chi connectivity index (χ1) is 8.35. The van der Waals surface area contributed by atoms with E-state index in [2.05, 4.69) is 10.3 Å². The van der Waals surface area contributed by atoms with Crippen LogP contribution in [0.4, 0.5) is 11.5 Å². The summed E-state index contributed by atoms with van der Waals surface area (Å²) < 4.78 is 22.5. The van der Waals surface area contributed by atoms with Gasteiger partial charge < -0.3 is 16.2 Å². The summed E-state index contributed by atoms with van der Waals surface area (Å²) >= 11 is 0. The minimum absolute atomic E-state index is 0.0146. The largest absolute Gasteiger partial charge is 0.478 e. The summed E-state index contributed by atoms with van der Waals surface area (Å²) in [6.45, 7) is 1.75. The third kappa shape index (κ3) is 3.88. The maximum Gasteiger partial charge on any atom is 0.337 e. The molecule has 0 aliphatic carbocycles. The van der Waals surface area contributed by atoms with E-state index in [1.165, 1.54) is 6.07 Å². The Labute approximate surface area is 105 Å². The van der Waals surface area contributed by atoms with Gasteiger partial charge in [0.15, 0.2) is 9.84 Å². The number of hydrogen-bond donors (Lipinski definition) is 3. The Morgan fingerprint density at radius 2 is 2.22 bits per heavy atom. The molecule has 7 nitrogen and oxygen atoms in total. The predicted octanol–water partition coefficient (Wildman–Crippen LogP) is 0.209. The van der Waals surface area contributed by atoms with Crippen molar-refractivity contribution in [2.45, 2.75) is 6.92 Å². The maximum atomic E-state index is 11.2. The standard InChI is InChI=1S/C10H15N3O4S/c1-2-18(16,17)4-3-12-9-8(11)5-7(6-13-9)10(14)15/h5-6H,2-4,11H2,1H3,(H,12,13)(H,14,15). The fourth-order valence-electron chi connectivity index (χ4n) is 1.22. The number of hydrogen-bond acceptors (Lipinski definition) is 6. The lowest BCUT2D eigenvalue weighted by atomic mass is 10.2. The fraction of sp³-hybridized carbons (Fsp3) is 0.400. The highest BCUT2D eigenvalue weighted by Gasteiger charge is 2.09. The Kier molecular flexibility index (Phi) is 4.49. The van der Waals surface area contributed by atoms with Crippen molar-refractivity contribution in [2.24, 2.45) is 0 Å². The average molecular weight is 273 g/mol. The highest BCUT2D eigenvalue weighted by Crippen LogP contribution is 2.16. The second-order valence-electron chi connectivity index (χ2n) is 3.63. The third-order valence-corrected chi connectivity index (χ3v) is 4.02. The number of rotatable bonds is 6. The first kappa shape index (κ1) is 14.2. The van der Waals surface area contributed by atoms with Crippen molar-refractivity contribution >= 4 is 27.3 Å². The predicted molar refractivity (Wildman–Crippen MR) is 68.4 cm³/mol. The molecule has 1 aromatic rings. The van der Waals surface area contributed by atoms with Crippen LogP contribution in [-0.2, 0) is 9.84 Å². The molecule has 0 fully saturated rings. The van der Waals surface area contributed by atoms with E-state index in [1.54, 1.807) is 6.92 Å². The molecule has 0 spiro atoms. The van der Waals surface area contributed by atoms with E-state index in [1.807, 2.05) is 0 Å². The molecule has 1 aromatic heterocycles. The topological polar surface area (TPSA) is 122 Å². The smallest absolute Gasteiger partial charge is 0.337 e. The zero-order valence-electron chi connectivity index (χ0n) is 9.88. The molecule has 1 rings (SSSR count). The maximum absolute atomic E-state index is 11.2. The Morgan fingerprint density at radius 3 is 2.72 bits per heavy atom. The number of nitrogens with zero attached hydrogens (tertiary/aromatic N) is 1. The molecule has 0 radical (unpaired) electrons. The Morgan fingerprint density at radius 1 is 1.56 bits per heavy atom. The lowest BCUT2D eigenvalue weighted by molar-refractivity contribution is 0.0696. The van der Waals surface area contributed by atoms with Crippen LogP contribution < -0.4 is 11.1 Å². The number of aromatic carboxylic acids is 1. The molecule has 18 heavy (non-hydrogen) atoms. The number of sulfone groups is 1. The molecule has 0 aromatic carbocycles. The molecule has 0 unspecified atom stereocenters. The van der Waals surface area contributed by atoms with Crippen molar-refractivity contribution in [3.05, 3.63) is 17.8 Å². The van der Waals surface area contributed by atoms with Gasteiger partial charge in [-0.1, -0.05) is 6.92 Å². The van der Waals surface area contributed by atoms with Gasteiger partial charge in [-0.05, 0) is 6.07 Å². The average Bonchev–Trinajstić information content (AvgIpc) is 2.31. The van der Waals surface area contributed by atoms with E-state index in [9.17, 15) is 13.2 Å². The summed E-state index contributed by atoms with van der Waals surface area (Å²) in [4.78, 5) is 14.5. The number of carboxylic acids is 1. The molecule has 0 bridgehead atoms. The van der Waals surface area contributed by atoms with Crippen LogP contribution in [0, 0.1) is 0 Å². The van der Waals surface area contributed by atoms with Crippen molar-refractivity contribution in [3.8, 4) is 0 Å². The Hall–Kier alpha value is -1.83. The van der Waals surface area contributed by atoms with Crippen molar-refractivity contribution in [3.63, 3.8) is 0 Å². The SMILES string of the molecule is CCS(=O)(=O)CCNc1ncc(C(=O)O)cc1N. The van der Waals surface area contributed by atoms with Gasteiger partial charge in [-0.25, -0.2) is 18.2 Å². The van der Waals surface area contributed by atoms with Crippen molar-refractivity contribution in [2.75, 3.05) is 29.1 Å². The highest BCUT2D eigenvalue weighted by molar-refractivity contribution is 7.91. The van der Waals surface area contributed by atoms with Gasteiger partial charge in [0, 0.05) is 18.5 Å². The zero-order chi connectivity index (χ0) is 13.8. The first-order valence-corrected chi connectivity index (χ1v) is 7.11. The molecule has 100 valence electrons. The van der Waals surface area contributed by atoms with Crippen molar-refractivity contribution < 1.29 is 18.3 Å². The van der Waals surface area contributed by atoms with Crippen LogP contribution in [0.2, 0.25) is 0 Å². The van der Waals surface area contributed by atoms with Crippen molar-refractivity contribution in [1.82, 2.24) is 4.98 Å². The molecular formula is C10H15N3O4S. The zero-order valence-corrected chi connectivity index (χ0v) is 10.7. The van der Waals surface area contributed by atoms with Gasteiger partial charge in [0.2, 0.25) is 0 Å². The fourth-order valence-corrected chi connectivity index (χ4v) is 1.92. The van der Waals surface area contributed by atoms with Crippen LogP contribution in [0.15, 0.2) is 12.3 Å². The number of carboxylic acid groups (broad SMARTS) is 1. The normalized spacial score (nSPS) is 11.2. The lowest BCUT2D eigenvalue weighted by Crippen LogP contribution is -2.18. The molecule has 0 aliphatic heterocycles. The van der Waals surface area contributed by atoms with Crippen LogP contribution in [0.25, 0.3) is 0 Å². The number of anilines is 2. The second kappa shape index (κ2) is 5.67. The summed E-state index contributed by atoms with van der Waals surface area (Å²) in [5.74, 6) is -0.776. The number of nitrogen functional groups attached to an aromatic ring is 1. The molecular weight excluding hydrogens is 258 g/mol. The molecule has 0 atom stereocenters. The molecule has 0 amide bonds. The van der Waals surface area contributed by atoms with Gasteiger partial charge in [-0.2, -0.15) is 0 Å². The van der Waals surface area contributed by atoms with E-state index in [4.69, 9.17) is 10.8 Å². The number of nitrogens with one attached hydrogen (secondary N) is 1. The molecule has 0 aliphatic rings. The minimum Gasteiger partial charge on any atom is -0.478 e. The van der Waals surface area contributed by atoms with Gasteiger partial charge >= 0.3 is 5.97 Å². The molecule has 1 heterocycles. The summed E-state index contributed by atoms with van der Waals surface area (Å²) in [6, 6.07) is 1.27. The Balaban J connectivity index is 2.67. The van der Waals surface area contributed by atoms with Gasteiger partial charge in [-0.15, -0.1) is 0 Å². The van der Waals surface area contributed by atoms with E-state index in [-0.39, 0.29) is 35.1 Å². The van der Waals surface area contributed by atoms with Gasteiger partial charge in [0.05, 0.1) is 17.0 Å². The van der Waals surface area contributed by atoms with Crippen LogP contribution in [0.5, 0.6) is 0 Å². The van der Waals surface area contributed by atoms with E-state index in [0.717, 1.165) is 6.20 Å². The van der Waals surface area contributed by atoms with Crippen molar-refractivity contribution in [1.29, 1.82) is 0 Å². The Bertz CT molecular complexity index is 542. The molecule has 4 N–H and O–H groups in total. The monoisotopic (exact) mass is 273 g/mol. The quantitative estimate of drug-likeness (QED) is 0.677. The number of aromatic nitrogens is 1. The van der Waals surface area contributed by atoms with E-state index in [0.29, 0.717) is 0 Å². The van der Waals surface area contributed by atoms with E-state index < -0.39 is 15.8 Å². The van der Waals surface area contributed by atoms with Gasteiger partial charge in [-0.3, -0.25) is 0 Å². The molecule has 0 saturated carbocycles. The summed E-state index contributed by atoms with van der Waals surface area (Å²) in [6.07, 6.45) is 1.16. The second-order valence-corrected chi connectivity index (χ2v) is 6.10. The minimum atomic E-state index is -3.05. The third-order valence-electron chi connectivity index (χ3n) is 2.31. The number of nitrogens with two attached hydrogens (primary N) is 1. The summed E-state index contributed by atoms with van der Waals surface area (Å²) in [5, 5.41) is 11.5. The molecule has 0 saturated heterocycles. The highest BCUT2D eigenvalue weighted by atomic mass is 32.2. The summed E-state index contributed by atoms with van der Waals surface area (Å²) in [7, 11) is -3.05. The van der Waals surface area contributed by atoms with Crippen LogP contribution in [-0.4, -0.2) is 42.5 Å². The number of pyridine rings is 1. The van der Waals surface area contributed by atoms with Crippen LogP contribution in [0.3, 0.4) is 0 Å². The van der Waals surface area contributed by atoms with Gasteiger partial charge in [0.1, 0.15) is 5.82 Å². The van der Waals surface area contributed by atoms with Crippen LogP contribution >= 0.6 is 0 Å². The van der Waals surface area contributed by atoms with E-state index >= 15 is 0 Å². The first-order valence-electron chi connectivity index (χ1n) is 5.29. The number of carbonyl (C=O) groups is 1. The molecule has 8 heteroatoms. The summed E-state index contributed by atoms with van der Waals surface area (Å²) in [5.41, 5.74) is 5.76.